The predicted molar refractivity (Wildman–Crippen MR) is 53.6 cm³/mol. The van der Waals surface area contributed by atoms with Crippen molar-refractivity contribution in [2.45, 2.75) is 12.3 Å². The van der Waals surface area contributed by atoms with Gasteiger partial charge in [-0.05, 0) is 6.26 Å². The lowest BCUT2D eigenvalue weighted by atomic mass is 9.81. The Kier molecular flexibility index (Phi) is 3.40. The molecule has 2 atom stereocenters. The molecule has 2 unspecified atom stereocenters. The van der Waals surface area contributed by atoms with E-state index in [1.165, 1.54) is 16.7 Å². The number of likely N-dealkylation sites (tertiary alicyclic amines) is 1. The fourth-order valence-corrected chi connectivity index (χ4v) is 3.11. The van der Waals surface area contributed by atoms with Crippen molar-refractivity contribution in [3.05, 3.63) is 0 Å². The SMILES string of the molecule is CSC1C(C)C(CF)(CF)C(=O)N1C. The summed E-state index contributed by atoms with van der Waals surface area (Å²) in [6.07, 6.45) is 1.84. The van der Waals surface area contributed by atoms with Gasteiger partial charge in [-0.3, -0.25) is 4.79 Å². The van der Waals surface area contributed by atoms with Crippen molar-refractivity contribution < 1.29 is 13.6 Å². The molecule has 0 aromatic rings. The number of hydrogen-bond donors (Lipinski definition) is 0. The maximum atomic E-state index is 12.8. The average molecular weight is 223 g/mol. The van der Waals surface area contributed by atoms with E-state index in [-0.39, 0.29) is 11.3 Å². The Morgan fingerprint density at radius 2 is 2.00 bits per heavy atom. The van der Waals surface area contributed by atoms with Gasteiger partial charge in [0.2, 0.25) is 5.91 Å². The van der Waals surface area contributed by atoms with Crippen LogP contribution in [-0.4, -0.2) is 42.8 Å². The third-order valence-corrected chi connectivity index (χ3v) is 4.35. The Morgan fingerprint density at radius 1 is 1.50 bits per heavy atom. The molecule has 0 aromatic carbocycles. The number of carbonyl (C=O) groups excluding carboxylic acids is 1. The van der Waals surface area contributed by atoms with Crippen LogP contribution in [0, 0.1) is 11.3 Å². The second kappa shape index (κ2) is 4.04. The number of carbonyl (C=O) groups is 1. The topological polar surface area (TPSA) is 20.3 Å². The van der Waals surface area contributed by atoms with Crippen LogP contribution in [0.2, 0.25) is 0 Å². The lowest BCUT2D eigenvalue weighted by molar-refractivity contribution is -0.137. The molecule has 1 heterocycles. The highest BCUT2D eigenvalue weighted by Gasteiger charge is 2.56. The molecule has 2 nitrogen and oxygen atoms in total. The average Bonchev–Trinajstić information content (AvgIpc) is 2.37. The Morgan fingerprint density at radius 3 is 2.21 bits per heavy atom. The highest BCUT2D eigenvalue weighted by molar-refractivity contribution is 7.99. The van der Waals surface area contributed by atoms with Crippen LogP contribution in [0.5, 0.6) is 0 Å². The van der Waals surface area contributed by atoms with Gasteiger partial charge in [0.25, 0.3) is 0 Å². The van der Waals surface area contributed by atoms with E-state index in [2.05, 4.69) is 0 Å². The molecule has 5 heteroatoms. The van der Waals surface area contributed by atoms with Gasteiger partial charge in [0.15, 0.2) is 0 Å². The summed E-state index contributed by atoms with van der Waals surface area (Å²) in [5.74, 6) is -0.695. The van der Waals surface area contributed by atoms with Gasteiger partial charge in [0.05, 0.1) is 5.37 Å². The lowest BCUT2D eigenvalue weighted by Gasteiger charge is -2.24. The zero-order valence-corrected chi connectivity index (χ0v) is 9.41. The molecular weight excluding hydrogens is 208 g/mol. The largest absolute Gasteiger partial charge is 0.333 e. The quantitative estimate of drug-likeness (QED) is 0.726. The molecule has 1 amide bonds. The van der Waals surface area contributed by atoms with Crippen LogP contribution >= 0.6 is 11.8 Å². The van der Waals surface area contributed by atoms with Gasteiger partial charge in [-0.15, -0.1) is 11.8 Å². The van der Waals surface area contributed by atoms with Crippen molar-refractivity contribution in [3.63, 3.8) is 0 Å². The van der Waals surface area contributed by atoms with E-state index in [0.717, 1.165) is 0 Å². The van der Waals surface area contributed by atoms with E-state index in [9.17, 15) is 13.6 Å². The van der Waals surface area contributed by atoms with E-state index in [1.807, 2.05) is 6.26 Å². The van der Waals surface area contributed by atoms with Crippen molar-refractivity contribution in [1.82, 2.24) is 4.90 Å². The number of hydrogen-bond acceptors (Lipinski definition) is 2. The van der Waals surface area contributed by atoms with E-state index in [0.29, 0.717) is 0 Å². The van der Waals surface area contributed by atoms with Gasteiger partial charge in [-0.1, -0.05) is 6.92 Å². The molecule has 1 rings (SSSR count). The molecule has 0 spiro atoms. The summed E-state index contributed by atoms with van der Waals surface area (Å²) in [6.45, 7) is -0.0858. The first kappa shape index (κ1) is 11.8. The van der Waals surface area contributed by atoms with E-state index in [4.69, 9.17) is 0 Å². The van der Waals surface area contributed by atoms with Gasteiger partial charge < -0.3 is 4.90 Å². The minimum absolute atomic E-state index is 0.117. The number of halogens is 2. The van der Waals surface area contributed by atoms with Gasteiger partial charge in [-0.25, -0.2) is 8.78 Å². The highest BCUT2D eigenvalue weighted by atomic mass is 32.2. The normalized spacial score (nSPS) is 31.2. The molecule has 1 aliphatic heterocycles. The molecule has 0 bridgehead atoms. The van der Waals surface area contributed by atoms with Crippen LogP contribution in [0.3, 0.4) is 0 Å². The Labute approximate surface area is 87.0 Å². The summed E-state index contributed by atoms with van der Waals surface area (Å²) in [5.41, 5.74) is -1.43. The highest BCUT2D eigenvalue weighted by Crippen LogP contribution is 2.44. The molecule has 1 fully saturated rings. The van der Waals surface area contributed by atoms with Crippen LogP contribution in [0.25, 0.3) is 0 Å². The minimum atomic E-state index is -1.43. The van der Waals surface area contributed by atoms with E-state index in [1.54, 1.807) is 14.0 Å². The summed E-state index contributed by atoms with van der Waals surface area (Å²) >= 11 is 1.46. The fraction of sp³-hybridized carbons (Fsp3) is 0.889. The van der Waals surface area contributed by atoms with Gasteiger partial charge in [0.1, 0.15) is 18.8 Å². The summed E-state index contributed by atoms with van der Waals surface area (Å²) in [7, 11) is 1.60. The summed E-state index contributed by atoms with van der Waals surface area (Å²) in [6, 6.07) is 0. The van der Waals surface area contributed by atoms with E-state index < -0.39 is 24.7 Å². The number of amides is 1. The van der Waals surface area contributed by atoms with Gasteiger partial charge in [0, 0.05) is 13.0 Å². The second-order valence-corrected chi connectivity index (χ2v) is 4.71. The molecule has 14 heavy (non-hydrogen) atoms. The van der Waals surface area contributed by atoms with Crippen molar-refractivity contribution in [3.8, 4) is 0 Å². The number of alkyl halides is 2. The van der Waals surface area contributed by atoms with Crippen LogP contribution in [0.15, 0.2) is 0 Å². The molecule has 0 saturated carbocycles. The molecule has 1 saturated heterocycles. The number of thioether (sulfide) groups is 1. The standard InChI is InChI=1S/C9H15F2NOS/c1-6-7(14-3)12(2)8(13)9(6,4-10)5-11/h6-7H,4-5H2,1-3H3. The van der Waals surface area contributed by atoms with Crippen molar-refractivity contribution in [2.75, 3.05) is 26.7 Å². The van der Waals surface area contributed by atoms with Crippen LogP contribution in [-0.2, 0) is 4.79 Å². The fourth-order valence-electron chi connectivity index (χ4n) is 2.03. The first-order valence-electron chi connectivity index (χ1n) is 4.47. The van der Waals surface area contributed by atoms with Crippen LogP contribution in [0.1, 0.15) is 6.92 Å². The molecule has 0 radical (unpaired) electrons. The molecule has 0 N–H and O–H groups in total. The van der Waals surface area contributed by atoms with Crippen LogP contribution in [0.4, 0.5) is 8.78 Å². The van der Waals surface area contributed by atoms with E-state index >= 15 is 0 Å². The Balaban J connectivity index is 3.04. The number of nitrogens with zero attached hydrogens (tertiary/aromatic N) is 1. The summed E-state index contributed by atoms with van der Waals surface area (Å²) in [4.78, 5) is 13.2. The first-order valence-corrected chi connectivity index (χ1v) is 5.76. The minimum Gasteiger partial charge on any atom is -0.333 e. The van der Waals surface area contributed by atoms with Crippen molar-refractivity contribution >= 4 is 17.7 Å². The zero-order valence-electron chi connectivity index (χ0n) is 8.59. The summed E-state index contributed by atoms with van der Waals surface area (Å²) < 4.78 is 25.7. The second-order valence-electron chi connectivity index (χ2n) is 3.75. The molecule has 0 aliphatic carbocycles. The first-order chi connectivity index (χ1) is 6.55. The molecule has 0 aromatic heterocycles. The maximum Gasteiger partial charge on any atom is 0.235 e. The van der Waals surface area contributed by atoms with Gasteiger partial charge in [-0.2, -0.15) is 0 Å². The Bertz CT molecular complexity index is 233. The monoisotopic (exact) mass is 223 g/mol. The zero-order chi connectivity index (χ0) is 10.9. The summed E-state index contributed by atoms with van der Waals surface area (Å²) in [5, 5.41) is -0.117. The molecule has 1 aliphatic rings. The smallest absolute Gasteiger partial charge is 0.235 e. The predicted octanol–water partition coefficient (Wildman–Crippen LogP) is 1.71. The third kappa shape index (κ3) is 1.33. The lowest BCUT2D eigenvalue weighted by Crippen LogP contribution is -2.39. The Hall–Kier alpha value is -0.320. The van der Waals surface area contributed by atoms with Gasteiger partial charge >= 0.3 is 0 Å². The third-order valence-electron chi connectivity index (χ3n) is 3.15. The molecule has 82 valence electrons. The van der Waals surface area contributed by atoms with Crippen molar-refractivity contribution in [2.24, 2.45) is 11.3 Å². The number of rotatable bonds is 3. The van der Waals surface area contributed by atoms with Crippen molar-refractivity contribution in [1.29, 1.82) is 0 Å². The molecular formula is C9H15F2NOS. The van der Waals surface area contributed by atoms with Crippen LogP contribution < -0.4 is 0 Å². The maximum absolute atomic E-state index is 12.8.